The van der Waals surface area contributed by atoms with E-state index in [1.807, 2.05) is 0 Å². The van der Waals surface area contributed by atoms with E-state index in [1.54, 1.807) is 0 Å². The molecule has 0 atom stereocenters. The van der Waals surface area contributed by atoms with Gasteiger partial charge in [0.15, 0.2) is 0 Å². The van der Waals surface area contributed by atoms with Gasteiger partial charge in [0.1, 0.15) is 0 Å². The maximum absolute atomic E-state index is 7.38. The van der Waals surface area contributed by atoms with Crippen molar-refractivity contribution in [2.24, 2.45) is 0 Å². The first-order chi connectivity index (χ1) is 2.00. The van der Waals surface area contributed by atoms with Crippen LogP contribution < -0.4 is 0 Å². The second-order valence-corrected chi connectivity index (χ2v) is 2.47. The molecule has 0 spiro atoms. The summed E-state index contributed by atoms with van der Waals surface area (Å²) in [5.74, 6) is 0. The minimum absolute atomic E-state index is 0. The van der Waals surface area contributed by atoms with E-state index in [0.29, 0.717) is 0 Å². The Morgan fingerprint density at radius 3 is 0.889 bits per heavy atom. The van der Waals surface area contributed by atoms with Gasteiger partial charge in [-0.1, -0.05) is 0 Å². The Morgan fingerprint density at radius 1 is 0.889 bits per heavy atom. The summed E-state index contributed by atoms with van der Waals surface area (Å²) in [6.07, 6.45) is 0. The molecule has 0 aliphatic heterocycles. The van der Waals surface area contributed by atoms with E-state index in [0.717, 1.165) is 0 Å². The second-order valence-electron chi connectivity index (χ2n) is 0.600. The van der Waals surface area contributed by atoms with E-state index in [9.17, 15) is 0 Å². The SMILES string of the molecule is [BiH3].[Nb].[OH][Ti]([OH])([OH])[OH].[SrH2].[Ta]. The zero-order valence-corrected chi connectivity index (χ0v) is 16.4. The quantitative estimate of drug-likeness (QED) is 0.194. The molecule has 0 heterocycles. The first-order valence-electron chi connectivity index (χ1n) is 0.894. The van der Waals surface area contributed by atoms with Gasteiger partial charge < -0.3 is 0 Å². The third kappa shape index (κ3) is 69.3. The van der Waals surface area contributed by atoms with Crippen LogP contribution >= 0.6 is 0 Å². The fraction of sp³-hybridized carbons (Fsp3) is 0. The molecule has 0 rings (SSSR count). The van der Waals surface area contributed by atoms with Crippen LogP contribution in [0.2, 0.25) is 0 Å². The van der Waals surface area contributed by atoms with Gasteiger partial charge in [0.05, 0.1) is 0 Å². The smallest absolute Gasteiger partial charge is 0 e. The van der Waals surface area contributed by atoms with E-state index < -0.39 is 18.1 Å². The van der Waals surface area contributed by atoms with Crippen LogP contribution in [-0.4, -0.2) is 86.4 Å². The molecule has 0 saturated heterocycles. The summed E-state index contributed by atoms with van der Waals surface area (Å²) >= 11 is -5.00. The van der Waals surface area contributed by atoms with Gasteiger partial charge in [-0.25, -0.2) is 0 Å². The number of hydrogen-bond acceptors (Lipinski definition) is 4. The van der Waals surface area contributed by atoms with Crippen molar-refractivity contribution in [3.63, 3.8) is 0 Å². The van der Waals surface area contributed by atoms with Crippen molar-refractivity contribution in [1.29, 1.82) is 0 Å². The van der Waals surface area contributed by atoms with E-state index in [4.69, 9.17) is 14.8 Å². The summed E-state index contributed by atoms with van der Waals surface area (Å²) in [4.78, 5) is 0. The summed E-state index contributed by atoms with van der Waals surface area (Å²) < 4.78 is 29.5. The molecule has 2 radical (unpaired) electrons. The minimum atomic E-state index is -5.00. The molecule has 0 saturated carbocycles. The standard InChI is InChI=1S/Bi.Nb.4H2O.Sr.Ta.Ti.5H/h;;4*1H2;;;;;;;;/q;;;;;;;;+4;;;;;/p-4. The van der Waals surface area contributed by atoms with Gasteiger partial charge in [0, 0.05) is 44.8 Å². The molecular formula is H9BiNbO4SrTaTi. The maximum Gasteiger partial charge on any atom is 0 e. The molecular weight excluding hydrogens is 682 g/mol. The fourth-order valence-electron chi connectivity index (χ4n) is 0. The van der Waals surface area contributed by atoms with Gasteiger partial charge in [-0.2, -0.15) is 0 Å². The molecule has 0 amide bonds. The van der Waals surface area contributed by atoms with E-state index >= 15 is 0 Å². The molecule has 0 aliphatic carbocycles. The van der Waals surface area contributed by atoms with Crippen molar-refractivity contribution >= 4 is 71.7 Å². The van der Waals surface area contributed by atoms with Crippen molar-refractivity contribution in [3.05, 3.63) is 0 Å². The largest absolute Gasteiger partial charge is 0 e. The predicted molar refractivity (Wildman–Crippen MR) is 27.4 cm³/mol. The monoisotopic (exact) mass is 692 g/mol. The third-order valence-electron chi connectivity index (χ3n) is 0. The molecule has 0 aromatic carbocycles. The molecule has 4 nitrogen and oxygen atoms in total. The molecule has 0 fully saturated rings. The van der Waals surface area contributed by atoms with E-state index in [-0.39, 0.29) is 116 Å². The van der Waals surface area contributed by atoms with E-state index in [1.165, 1.54) is 0 Å². The molecule has 0 bridgehead atoms. The average molecular weight is 691 g/mol. The first kappa shape index (κ1) is 29.2. The summed E-state index contributed by atoms with van der Waals surface area (Å²) in [5.41, 5.74) is 0. The fourth-order valence-corrected chi connectivity index (χ4v) is 0. The maximum atomic E-state index is 7.38. The topological polar surface area (TPSA) is 80.9 Å². The molecule has 0 aromatic rings. The Bertz CT molecular complexity index is 36.0. The van der Waals surface area contributed by atoms with Gasteiger partial charge in [0.25, 0.3) is 0 Å². The van der Waals surface area contributed by atoms with Crippen molar-refractivity contribution in [3.8, 4) is 0 Å². The van der Waals surface area contributed by atoms with Crippen LogP contribution in [0, 0.1) is 0 Å². The Kier molecular flexibility index (Phi) is 48.3. The van der Waals surface area contributed by atoms with Crippen LogP contribution in [0.3, 0.4) is 0 Å². The van der Waals surface area contributed by atoms with Crippen LogP contribution in [0.1, 0.15) is 0 Å². The molecule has 0 aromatic heterocycles. The first-order valence-corrected chi connectivity index (χ1v) is 3.69. The number of hydrogen-bond donors (Lipinski definition) is 4. The molecule has 4 N–H and O–H groups in total. The zero-order chi connectivity index (χ0) is 4.50. The van der Waals surface area contributed by atoms with Crippen molar-refractivity contribution in [2.45, 2.75) is 0 Å². The van der Waals surface area contributed by atoms with Crippen LogP contribution in [0.15, 0.2) is 0 Å². The van der Waals surface area contributed by atoms with Gasteiger partial charge in [-0.3, -0.25) is 0 Å². The Morgan fingerprint density at radius 2 is 0.889 bits per heavy atom. The van der Waals surface area contributed by atoms with Crippen molar-refractivity contribution < 1.29 is 77.7 Å². The number of rotatable bonds is 0. The van der Waals surface area contributed by atoms with Crippen molar-refractivity contribution in [1.82, 2.24) is 0 Å². The van der Waals surface area contributed by atoms with Gasteiger partial charge >= 0.3 is 105 Å². The zero-order valence-electron chi connectivity index (χ0n) is 3.89. The van der Waals surface area contributed by atoms with Crippen LogP contribution in [0.4, 0.5) is 0 Å². The summed E-state index contributed by atoms with van der Waals surface area (Å²) in [6, 6.07) is 0. The third-order valence-corrected chi connectivity index (χ3v) is 0. The van der Waals surface area contributed by atoms with Gasteiger partial charge in [-0.05, 0) is 0 Å². The summed E-state index contributed by atoms with van der Waals surface area (Å²) in [5, 5.41) is 0. The molecule has 54 valence electrons. The molecule has 9 heavy (non-hydrogen) atoms. The van der Waals surface area contributed by atoms with Crippen molar-refractivity contribution in [2.75, 3.05) is 0 Å². The summed E-state index contributed by atoms with van der Waals surface area (Å²) in [6.45, 7) is 0. The molecule has 9 heteroatoms. The Hall–Kier alpha value is 4.40. The van der Waals surface area contributed by atoms with Gasteiger partial charge in [-0.15, -0.1) is 0 Å². The van der Waals surface area contributed by atoms with Crippen LogP contribution in [0.5, 0.6) is 0 Å². The summed E-state index contributed by atoms with van der Waals surface area (Å²) in [7, 11) is 0. The second kappa shape index (κ2) is 14.9. The molecule has 0 aliphatic rings. The Balaban J connectivity index is -0.0000000133. The van der Waals surface area contributed by atoms with E-state index in [2.05, 4.69) is 0 Å². The van der Waals surface area contributed by atoms with Crippen LogP contribution in [-0.2, 0) is 62.9 Å². The predicted octanol–water partition coefficient (Wildman–Crippen LogP) is -4.34. The van der Waals surface area contributed by atoms with Crippen LogP contribution in [0.25, 0.3) is 0 Å². The minimum Gasteiger partial charge on any atom is 0 e. The average Bonchev–Trinajstić information content (AvgIpc) is 0.722. The Labute approximate surface area is 145 Å². The molecule has 0 unspecified atom stereocenters. The van der Waals surface area contributed by atoms with Gasteiger partial charge in [0.2, 0.25) is 0 Å². The normalized spacial score (nSPS) is 6.67.